The summed E-state index contributed by atoms with van der Waals surface area (Å²) < 4.78 is 0. The second-order valence-electron chi connectivity index (χ2n) is 5.00. The van der Waals surface area contributed by atoms with Gasteiger partial charge >= 0.3 is 0 Å². The fourth-order valence-corrected chi connectivity index (χ4v) is 2.99. The predicted molar refractivity (Wildman–Crippen MR) is 75.3 cm³/mol. The lowest BCUT2D eigenvalue weighted by molar-refractivity contribution is 0.523. The molecule has 1 aliphatic heterocycles. The molecule has 0 aromatic heterocycles. The third-order valence-electron chi connectivity index (χ3n) is 3.24. The molecule has 0 spiro atoms. The van der Waals surface area contributed by atoms with Gasteiger partial charge in [-0.3, -0.25) is 4.99 Å². The molecule has 0 saturated heterocycles. The topological polar surface area (TPSA) is 24.4 Å². The minimum absolute atomic E-state index is 0.478. The van der Waals surface area contributed by atoms with Gasteiger partial charge in [-0.2, -0.15) is 0 Å². The lowest BCUT2D eigenvalue weighted by Crippen LogP contribution is -2.35. The van der Waals surface area contributed by atoms with Crippen LogP contribution in [0.25, 0.3) is 0 Å². The van der Waals surface area contributed by atoms with Crippen molar-refractivity contribution in [2.45, 2.75) is 65.5 Å². The van der Waals surface area contributed by atoms with E-state index in [9.17, 15) is 0 Å². The molecule has 0 saturated carbocycles. The Kier molecular flexibility index (Phi) is 6.25. The van der Waals surface area contributed by atoms with Crippen LogP contribution in [0.3, 0.4) is 0 Å². The number of aliphatic imine (C=N–C) groups is 1. The minimum atomic E-state index is 0.478. The molecule has 16 heavy (non-hydrogen) atoms. The van der Waals surface area contributed by atoms with Crippen molar-refractivity contribution in [3.05, 3.63) is 0 Å². The van der Waals surface area contributed by atoms with Gasteiger partial charge in [0.25, 0.3) is 0 Å². The Balaban J connectivity index is 2.28. The molecule has 1 N–H and O–H groups in total. The van der Waals surface area contributed by atoms with Crippen LogP contribution < -0.4 is 5.32 Å². The first kappa shape index (κ1) is 13.9. The summed E-state index contributed by atoms with van der Waals surface area (Å²) in [6.07, 6.45) is 5.24. The highest BCUT2D eigenvalue weighted by Gasteiger charge is 2.19. The second kappa shape index (κ2) is 7.21. The van der Waals surface area contributed by atoms with Crippen molar-refractivity contribution in [2.75, 3.05) is 5.75 Å². The molecule has 2 nitrogen and oxygen atoms in total. The van der Waals surface area contributed by atoms with Gasteiger partial charge in [0.1, 0.15) is 0 Å². The zero-order valence-corrected chi connectivity index (χ0v) is 11.9. The number of hydrogen-bond acceptors (Lipinski definition) is 3. The molecule has 0 aromatic carbocycles. The highest BCUT2D eigenvalue weighted by molar-refractivity contribution is 8.13. The molecule has 1 heterocycles. The van der Waals surface area contributed by atoms with E-state index in [4.69, 9.17) is 4.99 Å². The van der Waals surface area contributed by atoms with Gasteiger partial charge in [-0.25, -0.2) is 0 Å². The Labute approximate surface area is 105 Å². The van der Waals surface area contributed by atoms with E-state index in [1.807, 2.05) is 11.8 Å². The van der Waals surface area contributed by atoms with Crippen molar-refractivity contribution in [2.24, 2.45) is 10.9 Å². The molecule has 3 atom stereocenters. The summed E-state index contributed by atoms with van der Waals surface area (Å²) in [5, 5.41) is 4.70. The van der Waals surface area contributed by atoms with Crippen LogP contribution >= 0.6 is 11.8 Å². The largest absolute Gasteiger partial charge is 0.362 e. The maximum atomic E-state index is 4.70. The molecule has 0 aliphatic carbocycles. The Hall–Kier alpha value is -0.180. The van der Waals surface area contributed by atoms with Gasteiger partial charge in [0.15, 0.2) is 5.17 Å². The maximum absolute atomic E-state index is 4.70. The first-order valence-electron chi connectivity index (χ1n) is 6.60. The molecule has 1 rings (SSSR count). The fourth-order valence-electron chi connectivity index (χ4n) is 1.76. The van der Waals surface area contributed by atoms with E-state index in [2.05, 4.69) is 33.0 Å². The van der Waals surface area contributed by atoms with Gasteiger partial charge in [0.2, 0.25) is 0 Å². The standard InChI is InChI=1S/C13H26N2S/c1-5-6-7-8-11(3)14-13-15-12(4)10(2)9-16-13/h10-12H,5-9H2,1-4H3,(H,14,15). The van der Waals surface area contributed by atoms with Gasteiger partial charge in [-0.05, 0) is 26.2 Å². The van der Waals surface area contributed by atoms with Gasteiger partial charge in [-0.1, -0.05) is 44.9 Å². The maximum Gasteiger partial charge on any atom is 0.157 e. The van der Waals surface area contributed by atoms with Crippen molar-refractivity contribution < 1.29 is 0 Å². The Bertz CT molecular complexity index is 228. The van der Waals surface area contributed by atoms with Gasteiger partial charge in [0.05, 0.1) is 6.04 Å². The summed E-state index contributed by atoms with van der Waals surface area (Å²) in [7, 11) is 0. The first-order valence-corrected chi connectivity index (χ1v) is 7.59. The van der Waals surface area contributed by atoms with Crippen LogP contribution in [-0.2, 0) is 0 Å². The van der Waals surface area contributed by atoms with Crippen molar-refractivity contribution in [3.63, 3.8) is 0 Å². The van der Waals surface area contributed by atoms with Crippen LogP contribution in [0.5, 0.6) is 0 Å². The second-order valence-corrected chi connectivity index (χ2v) is 6.01. The Morgan fingerprint density at radius 2 is 2.19 bits per heavy atom. The molecule has 3 unspecified atom stereocenters. The highest BCUT2D eigenvalue weighted by Crippen LogP contribution is 2.22. The summed E-state index contributed by atoms with van der Waals surface area (Å²) in [4.78, 5) is 4.70. The number of amidine groups is 1. The first-order chi connectivity index (χ1) is 7.63. The number of rotatable bonds is 5. The lowest BCUT2D eigenvalue weighted by Gasteiger charge is -2.25. The van der Waals surface area contributed by atoms with Crippen molar-refractivity contribution in [1.82, 2.24) is 5.32 Å². The Morgan fingerprint density at radius 3 is 2.81 bits per heavy atom. The molecule has 0 radical (unpaired) electrons. The summed E-state index contributed by atoms with van der Waals surface area (Å²) >= 11 is 1.88. The number of hydrogen-bond donors (Lipinski definition) is 1. The quantitative estimate of drug-likeness (QED) is 0.744. The van der Waals surface area contributed by atoms with E-state index in [1.54, 1.807) is 0 Å². The minimum Gasteiger partial charge on any atom is -0.362 e. The van der Waals surface area contributed by atoms with Crippen LogP contribution in [0.15, 0.2) is 4.99 Å². The molecule has 0 aromatic rings. The van der Waals surface area contributed by atoms with E-state index < -0.39 is 0 Å². The van der Waals surface area contributed by atoms with E-state index in [0.29, 0.717) is 18.0 Å². The van der Waals surface area contributed by atoms with Gasteiger partial charge in [-0.15, -0.1) is 0 Å². The molecule has 0 bridgehead atoms. The predicted octanol–water partition coefficient (Wildman–Crippen LogP) is 3.67. The van der Waals surface area contributed by atoms with Crippen molar-refractivity contribution >= 4 is 16.9 Å². The van der Waals surface area contributed by atoms with E-state index in [-0.39, 0.29) is 0 Å². The molecule has 1 aliphatic rings. The SMILES string of the molecule is CCCCCC(C)NC1=NC(C)C(C)CS1. The van der Waals surface area contributed by atoms with Crippen LogP contribution in [0, 0.1) is 5.92 Å². The van der Waals surface area contributed by atoms with Crippen LogP contribution in [0.1, 0.15) is 53.4 Å². The number of nitrogens with zero attached hydrogens (tertiary/aromatic N) is 1. The molecular weight excluding hydrogens is 216 g/mol. The average Bonchev–Trinajstić information content (AvgIpc) is 2.24. The lowest BCUT2D eigenvalue weighted by atomic mass is 10.1. The van der Waals surface area contributed by atoms with Crippen molar-refractivity contribution in [3.8, 4) is 0 Å². The summed E-state index contributed by atoms with van der Waals surface area (Å²) in [5.41, 5.74) is 0. The Morgan fingerprint density at radius 1 is 1.44 bits per heavy atom. The van der Waals surface area contributed by atoms with Crippen LogP contribution in [-0.4, -0.2) is 23.0 Å². The highest BCUT2D eigenvalue weighted by atomic mass is 32.2. The average molecular weight is 242 g/mol. The van der Waals surface area contributed by atoms with Crippen molar-refractivity contribution in [1.29, 1.82) is 0 Å². The smallest absolute Gasteiger partial charge is 0.157 e. The fraction of sp³-hybridized carbons (Fsp3) is 0.923. The van der Waals surface area contributed by atoms with E-state index in [1.165, 1.54) is 31.4 Å². The van der Waals surface area contributed by atoms with E-state index >= 15 is 0 Å². The zero-order chi connectivity index (χ0) is 12.0. The monoisotopic (exact) mass is 242 g/mol. The third-order valence-corrected chi connectivity index (χ3v) is 4.43. The van der Waals surface area contributed by atoms with Crippen LogP contribution in [0.4, 0.5) is 0 Å². The summed E-state index contributed by atoms with van der Waals surface area (Å²) in [5.74, 6) is 1.92. The number of nitrogens with one attached hydrogen (secondary N) is 1. The molecule has 3 heteroatoms. The van der Waals surface area contributed by atoms with Gasteiger partial charge in [0, 0.05) is 11.8 Å². The van der Waals surface area contributed by atoms with Gasteiger partial charge < -0.3 is 5.32 Å². The molecule has 0 amide bonds. The zero-order valence-electron chi connectivity index (χ0n) is 11.1. The normalized spacial score (nSPS) is 27.4. The molecule has 94 valence electrons. The van der Waals surface area contributed by atoms with E-state index in [0.717, 1.165) is 5.17 Å². The number of thioether (sulfide) groups is 1. The molecule has 0 fully saturated rings. The summed E-state index contributed by atoms with van der Waals surface area (Å²) in [6.45, 7) is 9.01. The summed E-state index contributed by atoms with van der Waals surface area (Å²) in [6, 6.07) is 1.05. The third kappa shape index (κ3) is 4.77. The van der Waals surface area contributed by atoms with Crippen LogP contribution in [0.2, 0.25) is 0 Å². The number of unbranched alkanes of at least 4 members (excludes halogenated alkanes) is 2. The molecular formula is C13H26N2S.